The van der Waals surface area contributed by atoms with Crippen LogP contribution in [0.4, 0.5) is 0 Å². The minimum Gasteiger partial charge on any atom is -0.508 e. The van der Waals surface area contributed by atoms with Crippen LogP contribution in [0.2, 0.25) is 0 Å². The minimum atomic E-state index is 0.303. The second-order valence-corrected chi connectivity index (χ2v) is 6.06. The summed E-state index contributed by atoms with van der Waals surface area (Å²) in [5.41, 5.74) is 1.22. The summed E-state index contributed by atoms with van der Waals surface area (Å²) in [7, 11) is 0. The van der Waals surface area contributed by atoms with E-state index in [1.807, 2.05) is 12.1 Å². The third-order valence-electron chi connectivity index (χ3n) is 2.46. The number of aryl methyl sites for hydroxylation is 2. The van der Waals surface area contributed by atoms with Gasteiger partial charge in [0, 0.05) is 9.77 Å². The lowest BCUT2D eigenvalue weighted by atomic mass is 10.2. The van der Waals surface area contributed by atoms with Gasteiger partial charge in [0.25, 0.3) is 0 Å². The Labute approximate surface area is 110 Å². The maximum Gasteiger partial charge on any atom is 0.155 e. The topological polar surface area (TPSA) is 33.1 Å². The molecule has 2 aromatic rings. The van der Waals surface area contributed by atoms with Gasteiger partial charge in [0.1, 0.15) is 5.75 Å². The van der Waals surface area contributed by atoms with Gasteiger partial charge >= 0.3 is 0 Å². The average molecular weight is 265 g/mol. The summed E-state index contributed by atoms with van der Waals surface area (Å²) in [6, 6.07) is 7.24. The average Bonchev–Trinajstić information content (AvgIpc) is 2.74. The zero-order chi connectivity index (χ0) is 12.3. The number of phenolic OH excluding ortho intramolecular Hbond substituents is 1. The molecular weight excluding hydrogens is 250 g/mol. The second kappa shape index (κ2) is 5.56. The van der Waals surface area contributed by atoms with E-state index in [1.165, 1.54) is 10.6 Å². The molecule has 1 aromatic heterocycles. The molecule has 0 saturated heterocycles. The predicted molar refractivity (Wildman–Crippen MR) is 73.1 cm³/mol. The third-order valence-corrected chi connectivity index (χ3v) is 4.77. The number of aromatic hydroxyl groups is 1. The molecule has 0 spiro atoms. The number of hydrogen-bond acceptors (Lipinski definition) is 4. The van der Waals surface area contributed by atoms with Gasteiger partial charge in [-0.2, -0.15) is 0 Å². The lowest BCUT2D eigenvalue weighted by molar-refractivity contribution is 0.475. The van der Waals surface area contributed by atoms with Gasteiger partial charge in [-0.25, -0.2) is 4.98 Å². The van der Waals surface area contributed by atoms with Crippen LogP contribution in [0.25, 0.3) is 0 Å². The molecule has 0 atom stereocenters. The standard InChI is InChI=1S/C13H15NOS2/c1-3-11-12(4-2)17-13(14-11)16-10-7-5-9(15)6-8-10/h5-8,15H,3-4H2,1-2H3. The number of thiazole rings is 1. The highest BCUT2D eigenvalue weighted by molar-refractivity contribution is 8.01. The fourth-order valence-electron chi connectivity index (χ4n) is 1.57. The number of aromatic nitrogens is 1. The van der Waals surface area contributed by atoms with Crippen LogP contribution in [-0.2, 0) is 12.8 Å². The van der Waals surface area contributed by atoms with E-state index in [4.69, 9.17) is 0 Å². The van der Waals surface area contributed by atoms with Gasteiger partial charge in [-0.1, -0.05) is 25.6 Å². The molecule has 1 heterocycles. The van der Waals surface area contributed by atoms with Crippen LogP contribution in [0.3, 0.4) is 0 Å². The summed E-state index contributed by atoms with van der Waals surface area (Å²) >= 11 is 3.43. The Bertz CT molecular complexity index is 469. The van der Waals surface area contributed by atoms with Crippen LogP contribution in [-0.4, -0.2) is 10.1 Å². The molecule has 17 heavy (non-hydrogen) atoms. The normalized spacial score (nSPS) is 10.7. The van der Waals surface area contributed by atoms with Crippen molar-refractivity contribution in [2.75, 3.05) is 0 Å². The number of nitrogens with zero attached hydrogens (tertiary/aromatic N) is 1. The molecular formula is C13H15NOS2. The highest BCUT2D eigenvalue weighted by Crippen LogP contribution is 2.34. The Balaban J connectivity index is 2.18. The zero-order valence-corrected chi connectivity index (χ0v) is 11.6. The number of hydrogen-bond donors (Lipinski definition) is 1. The Hall–Kier alpha value is -1.00. The maximum absolute atomic E-state index is 9.22. The van der Waals surface area contributed by atoms with Crippen LogP contribution in [0.15, 0.2) is 33.5 Å². The van der Waals surface area contributed by atoms with Gasteiger partial charge in [0.15, 0.2) is 4.34 Å². The van der Waals surface area contributed by atoms with Crippen LogP contribution in [0, 0.1) is 0 Å². The Morgan fingerprint density at radius 3 is 2.41 bits per heavy atom. The Morgan fingerprint density at radius 1 is 1.18 bits per heavy atom. The third kappa shape index (κ3) is 3.01. The van der Waals surface area contributed by atoms with Gasteiger partial charge < -0.3 is 5.11 Å². The van der Waals surface area contributed by atoms with E-state index in [0.717, 1.165) is 22.1 Å². The largest absolute Gasteiger partial charge is 0.508 e. The first-order valence-corrected chi connectivity index (χ1v) is 7.31. The lowest BCUT2D eigenvalue weighted by Crippen LogP contribution is -1.85. The molecule has 0 bridgehead atoms. The van der Waals surface area contributed by atoms with Crippen LogP contribution >= 0.6 is 23.1 Å². The van der Waals surface area contributed by atoms with Crippen LogP contribution < -0.4 is 0 Å². The molecule has 1 aromatic carbocycles. The van der Waals surface area contributed by atoms with Gasteiger partial charge in [-0.15, -0.1) is 11.3 Å². The molecule has 0 aliphatic heterocycles. The first-order chi connectivity index (χ1) is 8.22. The van der Waals surface area contributed by atoms with E-state index >= 15 is 0 Å². The van der Waals surface area contributed by atoms with Crippen LogP contribution in [0.1, 0.15) is 24.4 Å². The van der Waals surface area contributed by atoms with Crippen molar-refractivity contribution in [1.29, 1.82) is 0 Å². The molecule has 4 heteroatoms. The molecule has 0 radical (unpaired) electrons. The smallest absolute Gasteiger partial charge is 0.155 e. The molecule has 90 valence electrons. The van der Waals surface area contributed by atoms with E-state index in [1.54, 1.807) is 35.2 Å². The van der Waals surface area contributed by atoms with Crippen molar-refractivity contribution in [2.45, 2.75) is 35.9 Å². The Kier molecular flexibility index (Phi) is 4.07. The summed E-state index contributed by atoms with van der Waals surface area (Å²) in [4.78, 5) is 7.13. The van der Waals surface area contributed by atoms with Crippen molar-refractivity contribution in [3.63, 3.8) is 0 Å². The summed E-state index contributed by atoms with van der Waals surface area (Å²) < 4.78 is 1.09. The summed E-state index contributed by atoms with van der Waals surface area (Å²) in [5, 5.41) is 9.22. The van der Waals surface area contributed by atoms with Gasteiger partial charge in [-0.05, 0) is 37.1 Å². The fraction of sp³-hybridized carbons (Fsp3) is 0.308. The molecule has 0 fully saturated rings. The van der Waals surface area contributed by atoms with Gasteiger partial charge in [-0.3, -0.25) is 0 Å². The zero-order valence-electron chi connectivity index (χ0n) is 9.93. The molecule has 0 saturated carbocycles. The second-order valence-electron chi connectivity index (χ2n) is 3.65. The monoisotopic (exact) mass is 265 g/mol. The van der Waals surface area contributed by atoms with Crippen molar-refractivity contribution in [3.05, 3.63) is 34.8 Å². The van der Waals surface area contributed by atoms with E-state index in [-0.39, 0.29) is 0 Å². The highest BCUT2D eigenvalue weighted by atomic mass is 32.2. The van der Waals surface area contributed by atoms with E-state index in [9.17, 15) is 5.11 Å². The number of phenols is 1. The maximum atomic E-state index is 9.22. The predicted octanol–water partition coefficient (Wildman–Crippen LogP) is 4.12. The quantitative estimate of drug-likeness (QED) is 0.902. The molecule has 1 N–H and O–H groups in total. The van der Waals surface area contributed by atoms with Crippen molar-refractivity contribution < 1.29 is 5.11 Å². The SMILES string of the molecule is CCc1nc(Sc2ccc(O)cc2)sc1CC. The van der Waals surface area contributed by atoms with Crippen LogP contribution in [0.5, 0.6) is 5.75 Å². The van der Waals surface area contributed by atoms with E-state index in [2.05, 4.69) is 18.8 Å². The molecule has 2 rings (SSSR count). The number of rotatable bonds is 4. The van der Waals surface area contributed by atoms with E-state index < -0.39 is 0 Å². The molecule has 2 nitrogen and oxygen atoms in total. The first kappa shape index (κ1) is 12.5. The summed E-state index contributed by atoms with van der Waals surface area (Å²) in [6.45, 7) is 4.31. The highest BCUT2D eigenvalue weighted by Gasteiger charge is 2.09. The fourth-order valence-corrected chi connectivity index (χ4v) is 3.78. The minimum absolute atomic E-state index is 0.303. The Morgan fingerprint density at radius 2 is 1.88 bits per heavy atom. The summed E-state index contributed by atoms with van der Waals surface area (Å²) in [5.74, 6) is 0.303. The molecule has 0 unspecified atom stereocenters. The van der Waals surface area contributed by atoms with Crippen molar-refractivity contribution >= 4 is 23.1 Å². The molecule has 0 aliphatic rings. The molecule has 0 aliphatic carbocycles. The van der Waals surface area contributed by atoms with E-state index in [0.29, 0.717) is 5.75 Å². The van der Waals surface area contributed by atoms with Gasteiger partial charge in [0.2, 0.25) is 0 Å². The van der Waals surface area contributed by atoms with Crippen molar-refractivity contribution in [2.24, 2.45) is 0 Å². The number of benzene rings is 1. The molecule has 0 amide bonds. The first-order valence-electron chi connectivity index (χ1n) is 5.68. The van der Waals surface area contributed by atoms with Crippen molar-refractivity contribution in [1.82, 2.24) is 4.98 Å². The van der Waals surface area contributed by atoms with Crippen molar-refractivity contribution in [3.8, 4) is 5.75 Å². The summed E-state index contributed by atoms with van der Waals surface area (Å²) in [6.07, 6.45) is 2.05. The van der Waals surface area contributed by atoms with Gasteiger partial charge in [0.05, 0.1) is 5.69 Å². The lowest BCUT2D eigenvalue weighted by Gasteiger charge is -1.97.